The van der Waals surface area contributed by atoms with Crippen LogP contribution in [0.4, 0.5) is 0 Å². The highest BCUT2D eigenvalue weighted by atomic mass is 16.4. The van der Waals surface area contributed by atoms with Crippen LogP contribution >= 0.6 is 0 Å². The molecule has 0 aliphatic heterocycles. The fourth-order valence-corrected chi connectivity index (χ4v) is 3.50. The molecule has 0 aromatic carbocycles. The number of amides is 7. The topological polar surface area (TPSA) is 348 Å². The number of aliphatic hydroxyl groups is 4. The van der Waals surface area contributed by atoms with Gasteiger partial charge in [-0.05, 0) is 19.8 Å². The van der Waals surface area contributed by atoms with Gasteiger partial charge in [-0.3, -0.25) is 33.6 Å². The summed E-state index contributed by atoms with van der Waals surface area (Å²) in [6.07, 6.45) is -2.42. The van der Waals surface area contributed by atoms with Crippen LogP contribution in [-0.4, -0.2) is 148 Å². The van der Waals surface area contributed by atoms with E-state index in [4.69, 9.17) is 10.8 Å². The second-order valence-electron chi connectivity index (χ2n) is 10.5. The third kappa shape index (κ3) is 15.6. The molecular formula is C26H46N8O13. The average molecular weight is 679 g/mol. The molecule has 0 saturated carbocycles. The molecule has 14 N–H and O–H groups in total. The van der Waals surface area contributed by atoms with Crippen molar-refractivity contribution in [2.24, 2.45) is 11.7 Å². The highest BCUT2D eigenvalue weighted by molar-refractivity contribution is 5.95. The number of nitrogens with two attached hydrogens (primary N) is 1. The molecule has 0 rings (SSSR count). The summed E-state index contributed by atoms with van der Waals surface area (Å²) < 4.78 is 0. The number of carboxylic acid groups (broad SMARTS) is 1. The quantitative estimate of drug-likeness (QED) is 0.0536. The first-order valence-electron chi connectivity index (χ1n) is 14.5. The number of hydrogen-bond acceptors (Lipinski definition) is 13. The molecule has 0 radical (unpaired) electrons. The van der Waals surface area contributed by atoms with E-state index < -0.39 is 123 Å². The molecule has 47 heavy (non-hydrogen) atoms. The van der Waals surface area contributed by atoms with E-state index in [0.717, 1.165) is 13.8 Å². The van der Waals surface area contributed by atoms with Crippen molar-refractivity contribution in [1.29, 1.82) is 0 Å². The van der Waals surface area contributed by atoms with Crippen LogP contribution in [0.5, 0.6) is 0 Å². The molecule has 7 amide bonds. The summed E-state index contributed by atoms with van der Waals surface area (Å²) >= 11 is 0. The molecule has 0 aliphatic carbocycles. The highest BCUT2D eigenvalue weighted by Crippen LogP contribution is 2.05. The number of carbonyl (C=O) groups is 8. The van der Waals surface area contributed by atoms with E-state index in [1.165, 1.54) is 0 Å². The molecule has 0 aliphatic rings. The van der Waals surface area contributed by atoms with Crippen LogP contribution < -0.4 is 43.0 Å². The zero-order chi connectivity index (χ0) is 36.4. The first-order chi connectivity index (χ1) is 21.9. The number of aliphatic hydroxyl groups excluding tert-OH is 4. The zero-order valence-electron chi connectivity index (χ0n) is 26.4. The standard InChI is InChI=1S/C26H46N8O13/c1-5-11(2)19(27)24(44)32-15(10-36)23(43)30-8-17(40)31-14(9-35)22(42)29-6-16(39)28-7-18(41)33-20(12(3)37)25(45)34-21(13(4)38)26(46)47/h11-15,19-21,35-38H,5-10,27H2,1-4H3,(H,28,39)(H,29,42)(H,30,43)(H,31,40)(H,32,44)(H,33,41)(H,34,45)(H,46,47)/t11-,12+,13+,14-,15-,19-,20-,21-/m0/s1. The van der Waals surface area contributed by atoms with Gasteiger partial charge in [-0.25, -0.2) is 4.79 Å². The number of nitrogens with one attached hydrogen (secondary N) is 7. The van der Waals surface area contributed by atoms with E-state index in [9.17, 15) is 58.8 Å². The van der Waals surface area contributed by atoms with E-state index in [-0.39, 0.29) is 5.92 Å². The molecule has 0 saturated heterocycles. The summed E-state index contributed by atoms with van der Waals surface area (Å²) in [5.74, 6) is -8.40. The lowest BCUT2D eigenvalue weighted by Crippen LogP contribution is -2.59. The summed E-state index contributed by atoms with van der Waals surface area (Å²) in [6, 6.07) is -7.31. The second-order valence-corrected chi connectivity index (χ2v) is 10.5. The molecular weight excluding hydrogens is 632 g/mol. The molecule has 0 fully saturated rings. The van der Waals surface area contributed by atoms with Gasteiger partial charge in [-0.1, -0.05) is 20.3 Å². The van der Waals surface area contributed by atoms with Gasteiger partial charge >= 0.3 is 5.97 Å². The maximum Gasteiger partial charge on any atom is 0.328 e. The molecule has 0 aromatic heterocycles. The predicted molar refractivity (Wildman–Crippen MR) is 159 cm³/mol. The van der Waals surface area contributed by atoms with Gasteiger partial charge in [0.2, 0.25) is 41.4 Å². The molecule has 0 bridgehead atoms. The largest absolute Gasteiger partial charge is 0.480 e. The lowest BCUT2D eigenvalue weighted by molar-refractivity contribution is -0.145. The average Bonchev–Trinajstić information content (AvgIpc) is 3.02. The van der Waals surface area contributed by atoms with Crippen LogP contribution in [0.15, 0.2) is 0 Å². The van der Waals surface area contributed by atoms with Gasteiger partial charge in [-0.15, -0.1) is 0 Å². The maximum absolute atomic E-state index is 12.3. The molecule has 0 unspecified atom stereocenters. The van der Waals surface area contributed by atoms with E-state index >= 15 is 0 Å². The number of carboxylic acids is 1. The Kier molecular flexibility index (Phi) is 19.4. The Morgan fingerprint density at radius 3 is 1.49 bits per heavy atom. The molecule has 268 valence electrons. The van der Waals surface area contributed by atoms with Crippen LogP contribution in [0.2, 0.25) is 0 Å². The summed E-state index contributed by atoms with van der Waals surface area (Å²) in [7, 11) is 0. The number of rotatable bonds is 21. The number of hydrogen-bond donors (Lipinski definition) is 13. The Morgan fingerprint density at radius 2 is 1.04 bits per heavy atom. The highest BCUT2D eigenvalue weighted by Gasteiger charge is 2.32. The van der Waals surface area contributed by atoms with Crippen molar-refractivity contribution in [3.05, 3.63) is 0 Å². The number of carbonyl (C=O) groups excluding carboxylic acids is 7. The second kappa shape index (κ2) is 21.4. The van der Waals surface area contributed by atoms with Gasteiger partial charge in [0.05, 0.1) is 51.1 Å². The summed E-state index contributed by atoms with van der Waals surface area (Å²) in [5, 5.41) is 62.1. The first kappa shape index (κ1) is 42.6. The minimum absolute atomic E-state index is 0.206. The van der Waals surface area contributed by atoms with E-state index in [1.54, 1.807) is 6.92 Å². The normalized spacial score (nSPS) is 15.9. The van der Waals surface area contributed by atoms with Crippen molar-refractivity contribution >= 4 is 47.3 Å². The van der Waals surface area contributed by atoms with Crippen LogP contribution in [-0.2, 0) is 38.4 Å². The van der Waals surface area contributed by atoms with Crippen LogP contribution in [0.25, 0.3) is 0 Å². The Bertz CT molecular complexity index is 1120. The van der Waals surface area contributed by atoms with E-state index in [0.29, 0.717) is 6.42 Å². The van der Waals surface area contributed by atoms with Crippen molar-refractivity contribution in [2.45, 2.75) is 76.5 Å². The molecule has 21 nitrogen and oxygen atoms in total. The van der Waals surface area contributed by atoms with E-state index in [1.807, 2.05) is 12.2 Å². The third-order valence-electron chi connectivity index (χ3n) is 6.63. The molecule has 8 atom stereocenters. The van der Waals surface area contributed by atoms with Crippen molar-refractivity contribution < 1.29 is 63.9 Å². The van der Waals surface area contributed by atoms with Gasteiger partial charge in [0.15, 0.2) is 6.04 Å². The van der Waals surface area contributed by atoms with Gasteiger partial charge in [0.1, 0.15) is 18.1 Å². The third-order valence-corrected chi connectivity index (χ3v) is 6.63. The van der Waals surface area contributed by atoms with Crippen LogP contribution in [0.3, 0.4) is 0 Å². The van der Waals surface area contributed by atoms with Crippen molar-refractivity contribution in [2.75, 3.05) is 32.8 Å². The van der Waals surface area contributed by atoms with Crippen LogP contribution in [0.1, 0.15) is 34.1 Å². The minimum Gasteiger partial charge on any atom is -0.480 e. The summed E-state index contributed by atoms with van der Waals surface area (Å²) in [6.45, 7) is 1.85. The lowest BCUT2D eigenvalue weighted by Gasteiger charge is -2.24. The van der Waals surface area contributed by atoms with Gasteiger partial charge in [-0.2, -0.15) is 0 Å². The Hall–Kier alpha value is -4.44. The Labute approximate surface area is 269 Å². The molecule has 21 heteroatoms. The summed E-state index contributed by atoms with van der Waals surface area (Å²) in [4.78, 5) is 96.8. The van der Waals surface area contributed by atoms with Gasteiger partial charge in [0, 0.05) is 0 Å². The molecule has 0 aromatic rings. The fourth-order valence-electron chi connectivity index (χ4n) is 3.50. The van der Waals surface area contributed by atoms with Gasteiger partial charge in [0.25, 0.3) is 0 Å². The Balaban J connectivity index is 4.81. The monoisotopic (exact) mass is 678 g/mol. The lowest BCUT2D eigenvalue weighted by atomic mass is 9.99. The Morgan fingerprint density at radius 1 is 0.596 bits per heavy atom. The zero-order valence-corrected chi connectivity index (χ0v) is 26.4. The smallest absolute Gasteiger partial charge is 0.328 e. The summed E-state index contributed by atoms with van der Waals surface area (Å²) in [5.41, 5.74) is 5.80. The first-order valence-corrected chi connectivity index (χ1v) is 14.5. The maximum atomic E-state index is 12.3. The minimum atomic E-state index is -1.73. The molecule has 0 spiro atoms. The fraction of sp³-hybridized carbons (Fsp3) is 0.692. The predicted octanol–water partition coefficient (Wildman–Crippen LogP) is -7.52. The number of aliphatic carboxylic acids is 1. The van der Waals surface area contributed by atoms with Crippen LogP contribution in [0, 0.1) is 5.92 Å². The molecule has 0 heterocycles. The van der Waals surface area contributed by atoms with E-state index in [2.05, 4.69) is 31.9 Å². The SMILES string of the molecule is CC[C@H](C)[C@H](N)C(=O)N[C@@H](CO)C(=O)NCC(=O)N[C@@H](CO)C(=O)NCC(=O)NCC(=O)N[C@H](C(=O)N[C@H](C(=O)O)[C@@H](C)O)[C@@H](C)O. The van der Waals surface area contributed by atoms with Gasteiger partial charge < -0.3 is 68.5 Å². The van der Waals surface area contributed by atoms with Crippen molar-refractivity contribution in [3.8, 4) is 0 Å². The van der Waals surface area contributed by atoms with Crippen molar-refractivity contribution in [1.82, 2.24) is 37.2 Å². The van der Waals surface area contributed by atoms with Crippen molar-refractivity contribution in [3.63, 3.8) is 0 Å².